The van der Waals surface area contributed by atoms with Crippen molar-refractivity contribution in [1.82, 2.24) is 9.55 Å². The summed E-state index contributed by atoms with van der Waals surface area (Å²) in [6.45, 7) is 6.39. The Morgan fingerprint density at radius 1 is 1.38 bits per heavy atom. The molecule has 116 valence electrons. The molecule has 1 atom stereocenters. The zero-order chi connectivity index (χ0) is 15.2. The van der Waals surface area contributed by atoms with Crippen molar-refractivity contribution in [2.24, 2.45) is 5.92 Å². The number of hydrogen-bond acceptors (Lipinski definition) is 3. The average molecular weight is 311 g/mol. The molecule has 0 aliphatic rings. The Morgan fingerprint density at radius 2 is 2.19 bits per heavy atom. The highest BCUT2D eigenvalue weighted by Crippen LogP contribution is 2.27. The number of benzene rings is 1. The number of aryl methyl sites for hydroxylation is 1. The van der Waals surface area contributed by atoms with E-state index in [1.165, 1.54) is 0 Å². The van der Waals surface area contributed by atoms with Crippen LogP contribution in [0.25, 0.3) is 11.0 Å². The van der Waals surface area contributed by atoms with Crippen LogP contribution in [0.15, 0.2) is 18.2 Å². The fourth-order valence-corrected chi connectivity index (χ4v) is 2.74. The number of imidazole rings is 1. The molecule has 2 rings (SSSR count). The van der Waals surface area contributed by atoms with Crippen molar-refractivity contribution in [3.8, 4) is 5.75 Å². The van der Waals surface area contributed by atoms with Crippen molar-refractivity contribution in [2.45, 2.75) is 26.8 Å². The number of nitrogens with zero attached hydrogens (tertiary/aromatic N) is 2. The van der Waals surface area contributed by atoms with Gasteiger partial charge in [0, 0.05) is 26.0 Å². The molecule has 1 unspecified atom stereocenters. The Kier molecular flexibility index (Phi) is 5.88. The standard InChI is InChI=1S/C16H23ClN2O2/c1-4-21-14-7-5-6-13-16(14)18-15(8-9-17)19(13)10-12(2)11-20-3/h5-7,12H,4,8-11H2,1-3H3. The van der Waals surface area contributed by atoms with Crippen LogP contribution in [0.1, 0.15) is 19.7 Å². The fraction of sp³-hybridized carbons (Fsp3) is 0.562. The largest absolute Gasteiger partial charge is 0.492 e. The Balaban J connectivity index is 2.44. The highest BCUT2D eigenvalue weighted by molar-refractivity contribution is 6.17. The quantitative estimate of drug-likeness (QED) is 0.700. The number of halogens is 1. The first-order chi connectivity index (χ1) is 10.2. The minimum Gasteiger partial charge on any atom is -0.492 e. The third-order valence-corrected chi connectivity index (χ3v) is 3.57. The van der Waals surface area contributed by atoms with Crippen LogP contribution in [0, 0.1) is 5.92 Å². The molecule has 0 radical (unpaired) electrons. The first-order valence-corrected chi connectivity index (χ1v) is 7.90. The third-order valence-electron chi connectivity index (χ3n) is 3.38. The molecule has 0 saturated heterocycles. The number of aromatic nitrogens is 2. The Bertz CT molecular complexity index is 583. The Morgan fingerprint density at radius 3 is 2.86 bits per heavy atom. The van der Waals surface area contributed by atoms with E-state index in [0.717, 1.165) is 42.2 Å². The van der Waals surface area contributed by atoms with Crippen LogP contribution >= 0.6 is 11.6 Å². The van der Waals surface area contributed by atoms with E-state index in [1.54, 1.807) is 7.11 Å². The average Bonchev–Trinajstić information content (AvgIpc) is 2.79. The van der Waals surface area contributed by atoms with Gasteiger partial charge in [-0.15, -0.1) is 11.6 Å². The van der Waals surface area contributed by atoms with Crippen molar-refractivity contribution in [3.05, 3.63) is 24.0 Å². The van der Waals surface area contributed by atoms with Gasteiger partial charge in [-0.1, -0.05) is 13.0 Å². The predicted molar refractivity (Wildman–Crippen MR) is 86.4 cm³/mol. The van der Waals surface area contributed by atoms with E-state index in [2.05, 4.69) is 17.6 Å². The smallest absolute Gasteiger partial charge is 0.147 e. The molecule has 0 fully saturated rings. The van der Waals surface area contributed by atoms with Gasteiger partial charge in [-0.2, -0.15) is 0 Å². The summed E-state index contributed by atoms with van der Waals surface area (Å²) < 4.78 is 13.2. The molecule has 1 heterocycles. The maximum absolute atomic E-state index is 5.92. The molecule has 0 spiro atoms. The normalized spacial score (nSPS) is 12.8. The van der Waals surface area contributed by atoms with Gasteiger partial charge in [0.1, 0.15) is 17.1 Å². The summed E-state index contributed by atoms with van der Waals surface area (Å²) in [5.74, 6) is 2.82. The SMILES string of the molecule is CCOc1cccc2c1nc(CCCl)n2CC(C)COC. The van der Waals surface area contributed by atoms with Crippen molar-refractivity contribution in [1.29, 1.82) is 0 Å². The van der Waals surface area contributed by atoms with E-state index in [4.69, 9.17) is 26.1 Å². The summed E-state index contributed by atoms with van der Waals surface area (Å²) >= 11 is 5.92. The fourth-order valence-electron chi connectivity index (χ4n) is 2.57. The second-order valence-corrected chi connectivity index (χ2v) is 5.57. The molecule has 1 aromatic heterocycles. The van der Waals surface area contributed by atoms with Gasteiger partial charge in [0.25, 0.3) is 0 Å². The topological polar surface area (TPSA) is 36.3 Å². The van der Waals surface area contributed by atoms with Crippen LogP contribution in [0.4, 0.5) is 0 Å². The van der Waals surface area contributed by atoms with Gasteiger partial charge in [0.15, 0.2) is 0 Å². The van der Waals surface area contributed by atoms with Crippen molar-refractivity contribution in [3.63, 3.8) is 0 Å². The van der Waals surface area contributed by atoms with Gasteiger partial charge >= 0.3 is 0 Å². The molecule has 0 saturated carbocycles. The zero-order valence-corrected chi connectivity index (χ0v) is 13.7. The number of ether oxygens (including phenoxy) is 2. The second-order valence-electron chi connectivity index (χ2n) is 5.20. The summed E-state index contributed by atoms with van der Waals surface area (Å²) in [7, 11) is 1.73. The summed E-state index contributed by atoms with van der Waals surface area (Å²) in [5.41, 5.74) is 2.02. The molecule has 4 nitrogen and oxygen atoms in total. The highest BCUT2D eigenvalue weighted by atomic mass is 35.5. The van der Waals surface area contributed by atoms with Crippen LogP contribution in [0.5, 0.6) is 5.75 Å². The number of fused-ring (bicyclic) bond motifs is 1. The minimum atomic E-state index is 0.414. The third kappa shape index (κ3) is 3.69. The lowest BCUT2D eigenvalue weighted by molar-refractivity contribution is 0.151. The lowest BCUT2D eigenvalue weighted by atomic mass is 10.2. The lowest BCUT2D eigenvalue weighted by Gasteiger charge is -2.14. The number of alkyl halides is 1. The summed E-state index contributed by atoms with van der Waals surface area (Å²) in [5, 5.41) is 0. The lowest BCUT2D eigenvalue weighted by Crippen LogP contribution is -2.15. The van der Waals surface area contributed by atoms with Crippen molar-refractivity contribution in [2.75, 3.05) is 26.2 Å². The molecule has 5 heteroatoms. The highest BCUT2D eigenvalue weighted by Gasteiger charge is 2.15. The molecule has 1 aromatic carbocycles. The Hall–Kier alpha value is -1.26. The van der Waals surface area contributed by atoms with E-state index in [9.17, 15) is 0 Å². The predicted octanol–water partition coefficient (Wildman–Crippen LogP) is 3.50. The molecule has 0 aliphatic heterocycles. The number of methoxy groups -OCH3 is 1. The van der Waals surface area contributed by atoms with Gasteiger partial charge in [-0.3, -0.25) is 0 Å². The zero-order valence-electron chi connectivity index (χ0n) is 12.9. The maximum Gasteiger partial charge on any atom is 0.147 e. The van der Waals surface area contributed by atoms with Crippen LogP contribution < -0.4 is 4.74 Å². The van der Waals surface area contributed by atoms with Crippen LogP contribution in [-0.4, -0.2) is 35.8 Å². The summed E-state index contributed by atoms with van der Waals surface area (Å²) in [6, 6.07) is 6.06. The summed E-state index contributed by atoms with van der Waals surface area (Å²) in [4.78, 5) is 4.75. The second kappa shape index (κ2) is 7.66. The maximum atomic E-state index is 5.92. The number of para-hydroxylation sites is 1. The first kappa shape index (κ1) is 16.1. The summed E-state index contributed by atoms with van der Waals surface area (Å²) in [6.07, 6.45) is 0.751. The molecular formula is C16H23ClN2O2. The van der Waals surface area contributed by atoms with E-state index in [1.807, 2.05) is 19.1 Å². The van der Waals surface area contributed by atoms with Gasteiger partial charge in [0.05, 0.1) is 18.7 Å². The van der Waals surface area contributed by atoms with Gasteiger partial charge in [0.2, 0.25) is 0 Å². The van der Waals surface area contributed by atoms with E-state index < -0.39 is 0 Å². The molecule has 0 amide bonds. The first-order valence-electron chi connectivity index (χ1n) is 7.37. The van der Waals surface area contributed by atoms with Crippen molar-refractivity contribution < 1.29 is 9.47 Å². The van der Waals surface area contributed by atoms with Crippen molar-refractivity contribution >= 4 is 22.6 Å². The van der Waals surface area contributed by atoms with E-state index in [0.29, 0.717) is 18.4 Å². The monoisotopic (exact) mass is 310 g/mol. The molecular weight excluding hydrogens is 288 g/mol. The van der Waals surface area contributed by atoms with Gasteiger partial charge < -0.3 is 14.0 Å². The van der Waals surface area contributed by atoms with Crippen LogP contribution in [0.2, 0.25) is 0 Å². The van der Waals surface area contributed by atoms with E-state index in [-0.39, 0.29) is 0 Å². The number of rotatable bonds is 8. The Labute approximate surface area is 131 Å². The molecule has 0 N–H and O–H groups in total. The molecule has 0 aliphatic carbocycles. The van der Waals surface area contributed by atoms with E-state index >= 15 is 0 Å². The minimum absolute atomic E-state index is 0.414. The van der Waals surface area contributed by atoms with Gasteiger partial charge in [-0.25, -0.2) is 4.98 Å². The van der Waals surface area contributed by atoms with Crippen LogP contribution in [-0.2, 0) is 17.7 Å². The molecule has 0 bridgehead atoms. The van der Waals surface area contributed by atoms with Gasteiger partial charge in [-0.05, 0) is 25.0 Å². The number of hydrogen-bond donors (Lipinski definition) is 0. The molecule has 2 aromatic rings. The van der Waals surface area contributed by atoms with Crippen LogP contribution in [0.3, 0.4) is 0 Å². The molecule has 21 heavy (non-hydrogen) atoms.